The van der Waals surface area contributed by atoms with E-state index >= 15 is 0 Å². The minimum absolute atomic E-state index is 0.00730. The summed E-state index contributed by atoms with van der Waals surface area (Å²) in [6.45, 7) is -0.411. The van der Waals surface area contributed by atoms with Gasteiger partial charge in [-0.25, -0.2) is 17.5 Å². The van der Waals surface area contributed by atoms with E-state index in [0.717, 1.165) is 44.2 Å². The van der Waals surface area contributed by atoms with Crippen LogP contribution in [0.5, 0.6) is 5.75 Å². The van der Waals surface area contributed by atoms with E-state index in [1.807, 2.05) is 12.1 Å². The summed E-state index contributed by atoms with van der Waals surface area (Å²) in [6, 6.07) is 8.37. The summed E-state index contributed by atoms with van der Waals surface area (Å²) in [4.78, 5) is 15.5. The number of alkyl halides is 1. The second-order valence-corrected chi connectivity index (χ2v) is 12.7. The Balaban J connectivity index is 1.22. The summed E-state index contributed by atoms with van der Waals surface area (Å²) < 4.78 is 48.6. The molecule has 1 saturated heterocycles. The van der Waals surface area contributed by atoms with Gasteiger partial charge in [-0.3, -0.25) is 4.79 Å². The molecule has 202 valence electrons. The number of ether oxygens (including phenoxy) is 2. The monoisotopic (exact) mass is 554 g/mol. The number of nitrogens with one attached hydrogen (secondary N) is 1. The van der Waals surface area contributed by atoms with Crippen molar-refractivity contribution in [3.63, 3.8) is 0 Å². The van der Waals surface area contributed by atoms with Gasteiger partial charge >= 0.3 is 0 Å². The Morgan fingerprint density at radius 2 is 1.81 bits per heavy atom. The average Bonchev–Trinajstić information content (AvgIpc) is 3.73. The van der Waals surface area contributed by atoms with Gasteiger partial charge in [0.05, 0.1) is 36.9 Å². The highest BCUT2D eigenvalue weighted by Crippen LogP contribution is 2.40. The molecule has 9 nitrogen and oxygen atoms in total. The van der Waals surface area contributed by atoms with Gasteiger partial charge in [-0.2, -0.15) is 5.10 Å². The number of sulfone groups is 1. The topological polar surface area (TPSA) is 103 Å². The van der Waals surface area contributed by atoms with Crippen molar-refractivity contribution in [2.45, 2.75) is 61.9 Å². The quantitative estimate of drug-likeness (QED) is 0.502. The standard InChI is InChI=1S/C25H32ClFN4O5S/c26-24-23(28-13-22-15-35-11-12-37(22,33)34)14-29-31(25(24)32)20-5-3-18(4-6-20)30(17-1-2-17)19-7-9-21(10-8-19)36-16-27/h7-10,14,17-18,20,22,28H,1-6,11-13,15-16H2/t18-,20+,22-/m0/s1. The van der Waals surface area contributed by atoms with Gasteiger partial charge in [-0.05, 0) is 62.8 Å². The number of rotatable bonds is 9. The maximum absolute atomic E-state index is 13.0. The predicted octanol–water partition coefficient (Wildman–Crippen LogP) is 3.58. The van der Waals surface area contributed by atoms with E-state index < -0.39 is 21.9 Å². The van der Waals surface area contributed by atoms with Gasteiger partial charge in [-0.1, -0.05) is 11.6 Å². The molecule has 37 heavy (non-hydrogen) atoms. The van der Waals surface area contributed by atoms with Crippen LogP contribution in [0.2, 0.25) is 5.02 Å². The third-order valence-corrected chi connectivity index (χ3v) is 9.91. The summed E-state index contributed by atoms with van der Waals surface area (Å²) in [5.41, 5.74) is 1.06. The first kappa shape index (κ1) is 26.2. The summed E-state index contributed by atoms with van der Waals surface area (Å²) in [5, 5.41) is 6.69. The normalized spacial score (nSPS) is 25.4. The van der Waals surface area contributed by atoms with Crippen molar-refractivity contribution in [1.82, 2.24) is 9.78 Å². The molecule has 2 heterocycles. The lowest BCUT2D eigenvalue weighted by Crippen LogP contribution is -2.42. The number of hydrogen-bond donors (Lipinski definition) is 1. The first-order valence-corrected chi connectivity index (χ1v) is 14.8. The third kappa shape index (κ3) is 5.88. The zero-order chi connectivity index (χ0) is 26.0. The Kier molecular flexibility index (Phi) is 7.92. The fourth-order valence-electron chi connectivity index (χ4n) is 5.33. The zero-order valence-corrected chi connectivity index (χ0v) is 22.1. The van der Waals surface area contributed by atoms with Crippen molar-refractivity contribution < 1.29 is 22.3 Å². The summed E-state index contributed by atoms with van der Waals surface area (Å²) in [7, 11) is -3.24. The molecule has 0 bridgehead atoms. The van der Waals surface area contributed by atoms with Crippen molar-refractivity contribution in [3.8, 4) is 5.75 Å². The van der Waals surface area contributed by atoms with Crippen molar-refractivity contribution in [1.29, 1.82) is 0 Å². The highest BCUT2D eigenvalue weighted by Gasteiger charge is 2.37. The van der Waals surface area contributed by atoms with Crippen molar-refractivity contribution in [2.75, 3.05) is 42.6 Å². The first-order valence-electron chi connectivity index (χ1n) is 12.7. The van der Waals surface area contributed by atoms with Crippen LogP contribution in [0.1, 0.15) is 44.6 Å². The number of halogens is 2. The molecule has 1 aromatic carbocycles. The van der Waals surface area contributed by atoms with E-state index in [-0.39, 0.29) is 42.1 Å². The number of benzene rings is 1. The molecule has 1 atom stereocenters. The second kappa shape index (κ2) is 11.2. The molecule has 1 aliphatic heterocycles. The van der Waals surface area contributed by atoms with E-state index in [4.69, 9.17) is 21.1 Å². The van der Waals surface area contributed by atoms with Crippen LogP contribution in [0.25, 0.3) is 0 Å². The lowest BCUT2D eigenvalue weighted by Gasteiger charge is -2.39. The molecule has 2 saturated carbocycles. The fraction of sp³-hybridized carbons (Fsp3) is 0.600. The maximum atomic E-state index is 13.0. The van der Waals surface area contributed by atoms with Gasteiger partial charge < -0.3 is 19.7 Å². The van der Waals surface area contributed by atoms with Gasteiger partial charge in [0.15, 0.2) is 9.84 Å². The van der Waals surface area contributed by atoms with E-state index in [2.05, 4.69) is 15.3 Å². The Morgan fingerprint density at radius 3 is 2.43 bits per heavy atom. The van der Waals surface area contributed by atoms with Crippen LogP contribution in [0, 0.1) is 0 Å². The smallest absolute Gasteiger partial charge is 0.287 e. The molecular weight excluding hydrogens is 523 g/mol. The molecule has 0 unspecified atom stereocenters. The van der Waals surface area contributed by atoms with Crippen molar-refractivity contribution in [3.05, 3.63) is 45.8 Å². The molecule has 0 radical (unpaired) electrons. The molecule has 0 spiro atoms. The Hall–Kier alpha value is -2.37. The minimum Gasteiger partial charge on any atom is -0.463 e. The number of hydrogen-bond acceptors (Lipinski definition) is 8. The molecule has 0 amide bonds. The maximum Gasteiger partial charge on any atom is 0.287 e. The van der Waals surface area contributed by atoms with Crippen molar-refractivity contribution >= 4 is 32.8 Å². The fourth-order valence-corrected chi connectivity index (χ4v) is 6.86. The molecule has 2 aliphatic carbocycles. The molecule has 2 aromatic rings. The van der Waals surface area contributed by atoms with Gasteiger partial charge in [0.1, 0.15) is 16.0 Å². The lowest BCUT2D eigenvalue weighted by molar-refractivity contribution is 0.140. The Labute approximate surface area is 220 Å². The van der Waals surface area contributed by atoms with E-state index in [1.54, 1.807) is 12.1 Å². The number of aromatic nitrogens is 2. The highest BCUT2D eigenvalue weighted by atomic mass is 35.5. The summed E-state index contributed by atoms with van der Waals surface area (Å²) >= 11 is 6.39. The van der Waals surface area contributed by atoms with Crippen LogP contribution in [0.15, 0.2) is 35.3 Å². The minimum atomic E-state index is -3.24. The van der Waals surface area contributed by atoms with Gasteiger partial charge in [-0.15, -0.1) is 0 Å². The van der Waals surface area contributed by atoms with Crippen LogP contribution >= 0.6 is 11.6 Å². The van der Waals surface area contributed by atoms with Gasteiger partial charge in [0.2, 0.25) is 6.86 Å². The van der Waals surface area contributed by atoms with Crippen LogP contribution in [-0.2, 0) is 14.6 Å². The van der Waals surface area contributed by atoms with E-state index in [0.29, 0.717) is 23.5 Å². The average molecular weight is 555 g/mol. The molecule has 3 aliphatic rings. The van der Waals surface area contributed by atoms with Crippen molar-refractivity contribution in [2.24, 2.45) is 0 Å². The molecule has 1 N–H and O–H groups in total. The third-order valence-electron chi connectivity index (χ3n) is 7.49. The van der Waals surface area contributed by atoms with Crippen LogP contribution < -0.4 is 20.5 Å². The first-order chi connectivity index (χ1) is 17.9. The number of anilines is 2. The SMILES string of the molecule is O=c1c(Cl)c(NC[C@H]2COCCS2(=O)=O)cnn1[C@H]1CC[C@@H](N(c2ccc(OCF)cc2)C2CC2)CC1. The lowest BCUT2D eigenvalue weighted by atomic mass is 9.89. The zero-order valence-electron chi connectivity index (χ0n) is 20.5. The van der Waals surface area contributed by atoms with Crippen LogP contribution in [0.4, 0.5) is 15.8 Å². The Morgan fingerprint density at radius 1 is 1.14 bits per heavy atom. The summed E-state index contributed by atoms with van der Waals surface area (Å²) in [5.74, 6) is 0.506. The molecular formula is C25H32ClFN4O5S. The van der Waals surface area contributed by atoms with E-state index in [9.17, 15) is 17.6 Å². The van der Waals surface area contributed by atoms with Gasteiger partial charge in [0.25, 0.3) is 5.56 Å². The predicted molar refractivity (Wildman–Crippen MR) is 140 cm³/mol. The molecule has 12 heteroatoms. The second-order valence-electron chi connectivity index (χ2n) is 9.91. The van der Waals surface area contributed by atoms with Crippen LogP contribution in [-0.4, -0.2) is 67.9 Å². The molecule has 5 rings (SSSR count). The van der Waals surface area contributed by atoms with Gasteiger partial charge in [0, 0.05) is 24.3 Å². The van der Waals surface area contributed by atoms with E-state index in [1.165, 1.54) is 10.9 Å². The Bertz CT molecular complexity index is 1250. The number of nitrogens with zero attached hydrogens (tertiary/aromatic N) is 3. The highest BCUT2D eigenvalue weighted by molar-refractivity contribution is 7.92. The van der Waals surface area contributed by atoms with Crippen LogP contribution in [0.3, 0.4) is 0 Å². The molecule has 1 aromatic heterocycles. The summed E-state index contributed by atoms with van der Waals surface area (Å²) in [6.07, 6.45) is 7.23. The molecule has 3 fully saturated rings. The largest absolute Gasteiger partial charge is 0.463 e.